The van der Waals surface area contributed by atoms with E-state index in [-0.39, 0.29) is 12.5 Å². The largest absolute Gasteiger partial charge is 0.390 e. The first kappa shape index (κ1) is 27.4. The molecule has 0 aliphatic carbocycles. The summed E-state index contributed by atoms with van der Waals surface area (Å²) < 4.78 is 0. The molecule has 0 aromatic heterocycles. The second kappa shape index (κ2) is 16.2. The lowest BCUT2D eigenvalue weighted by atomic mass is 9.93. The highest BCUT2D eigenvalue weighted by atomic mass is 16.3. The topological polar surface area (TPSA) is 95.6 Å². The molecule has 0 aromatic carbocycles. The van der Waals surface area contributed by atoms with E-state index < -0.39 is 23.7 Å². The number of nitrogens with two attached hydrogens (primary N) is 1. The molecule has 0 aliphatic rings. The Morgan fingerprint density at radius 1 is 0.857 bits per heavy atom. The van der Waals surface area contributed by atoms with Gasteiger partial charge in [0.1, 0.15) is 6.10 Å². The van der Waals surface area contributed by atoms with Crippen LogP contribution in [-0.2, 0) is 4.79 Å². The van der Waals surface area contributed by atoms with Crippen LogP contribution in [0.3, 0.4) is 0 Å². The van der Waals surface area contributed by atoms with Gasteiger partial charge in [-0.2, -0.15) is 0 Å². The Bertz CT molecular complexity index is 383. The molecular formula is C23H48N2O3. The summed E-state index contributed by atoms with van der Waals surface area (Å²) in [6.07, 6.45) is 13.9. The highest BCUT2D eigenvalue weighted by Gasteiger charge is 2.30. The predicted octanol–water partition coefficient (Wildman–Crippen LogP) is 4.29. The molecule has 0 rings (SSSR count). The van der Waals surface area contributed by atoms with Crippen molar-refractivity contribution >= 4 is 5.91 Å². The van der Waals surface area contributed by atoms with E-state index in [1.807, 2.05) is 20.8 Å². The van der Waals surface area contributed by atoms with Gasteiger partial charge in [0.05, 0.1) is 12.1 Å². The normalized spacial score (nSPS) is 15.2. The Labute approximate surface area is 173 Å². The maximum atomic E-state index is 12.1. The first-order valence-electron chi connectivity index (χ1n) is 11.6. The third kappa shape index (κ3) is 13.5. The van der Waals surface area contributed by atoms with Gasteiger partial charge >= 0.3 is 0 Å². The Morgan fingerprint density at radius 3 is 1.68 bits per heavy atom. The molecule has 0 fully saturated rings. The number of nitrogens with one attached hydrogen (secondary N) is 1. The van der Waals surface area contributed by atoms with Crippen molar-refractivity contribution in [3.05, 3.63) is 0 Å². The van der Waals surface area contributed by atoms with E-state index in [1.165, 1.54) is 64.2 Å². The predicted molar refractivity (Wildman–Crippen MR) is 118 cm³/mol. The van der Waals surface area contributed by atoms with E-state index in [0.29, 0.717) is 6.42 Å². The molecular weight excluding hydrogens is 352 g/mol. The number of amides is 1. The van der Waals surface area contributed by atoms with Crippen molar-refractivity contribution in [3.63, 3.8) is 0 Å². The van der Waals surface area contributed by atoms with Crippen molar-refractivity contribution < 1.29 is 15.0 Å². The monoisotopic (exact) mass is 400 g/mol. The molecule has 0 aliphatic heterocycles. The van der Waals surface area contributed by atoms with Crippen LogP contribution in [0.5, 0.6) is 0 Å². The summed E-state index contributed by atoms with van der Waals surface area (Å²) >= 11 is 0. The lowest BCUT2D eigenvalue weighted by Gasteiger charge is -2.29. The number of carbonyl (C=O) groups is 1. The zero-order valence-corrected chi connectivity index (χ0v) is 19.0. The fraction of sp³-hybridized carbons (Fsp3) is 0.957. The summed E-state index contributed by atoms with van der Waals surface area (Å²) in [5.41, 5.74) is 5.14. The fourth-order valence-corrected chi connectivity index (χ4v) is 3.30. The molecule has 168 valence electrons. The summed E-state index contributed by atoms with van der Waals surface area (Å²) in [5, 5.41) is 23.3. The van der Waals surface area contributed by atoms with Crippen LogP contribution >= 0.6 is 0 Å². The molecule has 0 saturated carbocycles. The number of carbonyl (C=O) groups excluding carboxylic acids is 1. The molecule has 3 atom stereocenters. The van der Waals surface area contributed by atoms with E-state index >= 15 is 0 Å². The van der Waals surface area contributed by atoms with Crippen LogP contribution in [-0.4, -0.2) is 40.9 Å². The van der Waals surface area contributed by atoms with Gasteiger partial charge < -0.3 is 21.3 Å². The first-order valence-corrected chi connectivity index (χ1v) is 11.6. The van der Waals surface area contributed by atoms with Crippen molar-refractivity contribution in [2.45, 2.75) is 129 Å². The molecule has 5 N–H and O–H groups in total. The molecule has 1 amide bonds. The van der Waals surface area contributed by atoms with Gasteiger partial charge in [0, 0.05) is 12.0 Å². The SMILES string of the molecule is CCCCCCCCCCCCCC[C@@H](O)[C@H](O)[C@H](CN)NC(=O)C(C)(C)C. The highest BCUT2D eigenvalue weighted by molar-refractivity contribution is 5.81. The van der Waals surface area contributed by atoms with Gasteiger partial charge in [0.25, 0.3) is 0 Å². The number of aliphatic hydroxyl groups is 2. The first-order chi connectivity index (χ1) is 13.2. The average Bonchev–Trinajstić information content (AvgIpc) is 2.65. The maximum Gasteiger partial charge on any atom is 0.225 e. The molecule has 28 heavy (non-hydrogen) atoms. The number of hydrogen-bond acceptors (Lipinski definition) is 4. The van der Waals surface area contributed by atoms with Crippen LogP contribution in [0.2, 0.25) is 0 Å². The van der Waals surface area contributed by atoms with Crippen molar-refractivity contribution in [1.29, 1.82) is 0 Å². The van der Waals surface area contributed by atoms with Crippen LogP contribution in [0, 0.1) is 5.41 Å². The quantitative estimate of drug-likeness (QED) is 0.274. The highest BCUT2D eigenvalue weighted by Crippen LogP contribution is 2.16. The lowest BCUT2D eigenvalue weighted by Crippen LogP contribution is -2.54. The minimum absolute atomic E-state index is 0.110. The Kier molecular flexibility index (Phi) is 15.8. The number of unbranched alkanes of at least 4 members (excludes halogenated alkanes) is 11. The van der Waals surface area contributed by atoms with Crippen molar-refractivity contribution in [2.24, 2.45) is 11.1 Å². The molecule has 0 unspecified atom stereocenters. The molecule has 0 aromatic rings. The van der Waals surface area contributed by atoms with Gasteiger partial charge in [0.2, 0.25) is 5.91 Å². The Hall–Kier alpha value is -0.650. The van der Waals surface area contributed by atoms with E-state index in [4.69, 9.17) is 5.73 Å². The number of aliphatic hydroxyl groups excluding tert-OH is 2. The molecule has 0 bridgehead atoms. The standard InChI is InChI=1S/C23H48N2O3/c1-5-6-7-8-9-10-11-12-13-14-15-16-17-20(26)21(27)19(18-24)25-22(28)23(2,3)4/h19-21,26-27H,5-18,24H2,1-4H3,(H,25,28)/t19-,20+,21+/m0/s1. The van der Waals surface area contributed by atoms with Gasteiger partial charge in [-0.05, 0) is 6.42 Å². The van der Waals surface area contributed by atoms with Crippen LogP contribution in [0.25, 0.3) is 0 Å². The zero-order chi connectivity index (χ0) is 21.4. The molecule has 0 radical (unpaired) electrons. The number of rotatable bonds is 17. The molecule has 5 nitrogen and oxygen atoms in total. The summed E-state index contributed by atoms with van der Waals surface area (Å²) in [4.78, 5) is 12.1. The second-order valence-electron chi connectivity index (χ2n) is 9.30. The fourth-order valence-electron chi connectivity index (χ4n) is 3.30. The van der Waals surface area contributed by atoms with E-state index in [0.717, 1.165) is 12.8 Å². The molecule has 5 heteroatoms. The lowest BCUT2D eigenvalue weighted by molar-refractivity contribution is -0.130. The van der Waals surface area contributed by atoms with Crippen molar-refractivity contribution in [1.82, 2.24) is 5.32 Å². The van der Waals surface area contributed by atoms with Gasteiger partial charge in [-0.3, -0.25) is 4.79 Å². The smallest absolute Gasteiger partial charge is 0.225 e. The summed E-state index contributed by atoms with van der Waals surface area (Å²) in [7, 11) is 0. The van der Waals surface area contributed by atoms with Crippen molar-refractivity contribution in [3.8, 4) is 0 Å². The Morgan fingerprint density at radius 2 is 1.29 bits per heavy atom. The van der Waals surface area contributed by atoms with Crippen LogP contribution < -0.4 is 11.1 Å². The van der Waals surface area contributed by atoms with Gasteiger partial charge in [-0.15, -0.1) is 0 Å². The second-order valence-corrected chi connectivity index (χ2v) is 9.30. The molecule has 0 spiro atoms. The summed E-state index contributed by atoms with van der Waals surface area (Å²) in [6, 6.07) is -0.612. The van der Waals surface area contributed by atoms with Crippen molar-refractivity contribution in [2.75, 3.05) is 6.54 Å². The number of hydrogen-bond donors (Lipinski definition) is 4. The minimum atomic E-state index is -1.02. The third-order valence-electron chi connectivity index (χ3n) is 5.41. The van der Waals surface area contributed by atoms with Crippen LogP contribution in [0.15, 0.2) is 0 Å². The Balaban J connectivity index is 3.78. The zero-order valence-electron chi connectivity index (χ0n) is 19.0. The maximum absolute atomic E-state index is 12.1. The van der Waals surface area contributed by atoms with Crippen LogP contribution in [0.4, 0.5) is 0 Å². The molecule has 0 heterocycles. The van der Waals surface area contributed by atoms with Gasteiger partial charge in [-0.1, -0.05) is 105 Å². The van der Waals surface area contributed by atoms with Gasteiger partial charge in [-0.25, -0.2) is 0 Å². The minimum Gasteiger partial charge on any atom is -0.390 e. The summed E-state index contributed by atoms with van der Waals surface area (Å²) in [6.45, 7) is 7.79. The average molecular weight is 401 g/mol. The molecule has 0 saturated heterocycles. The van der Waals surface area contributed by atoms with E-state index in [1.54, 1.807) is 0 Å². The van der Waals surface area contributed by atoms with E-state index in [2.05, 4.69) is 12.2 Å². The van der Waals surface area contributed by atoms with Gasteiger partial charge in [0.15, 0.2) is 0 Å². The van der Waals surface area contributed by atoms with Crippen LogP contribution in [0.1, 0.15) is 111 Å². The summed E-state index contributed by atoms with van der Waals surface area (Å²) in [5.74, 6) is -0.167. The third-order valence-corrected chi connectivity index (χ3v) is 5.41. The van der Waals surface area contributed by atoms with E-state index in [9.17, 15) is 15.0 Å².